The first kappa shape index (κ1) is 25.4. The van der Waals surface area contributed by atoms with Gasteiger partial charge in [0.25, 0.3) is 5.69 Å². The summed E-state index contributed by atoms with van der Waals surface area (Å²) in [5.74, 6) is 1.50. The number of benzene rings is 3. The number of nitrogens with one attached hydrogen (secondary N) is 1. The first-order chi connectivity index (χ1) is 17.3. The lowest BCUT2D eigenvalue weighted by atomic mass is 10.2. The first-order valence-electron chi connectivity index (χ1n) is 10.8. The van der Waals surface area contributed by atoms with E-state index in [4.69, 9.17) is 4.74 Å². The van der Waals surface area contributed by atoms with Gasteiger partial charge in [0, 0.05) is 23.6 Å². The lowest BCUT2D eigenvalue weighted by Gasteiger charge is -2.12. The zero-order chi connectivity index (χ0) is 25.7. The van der Waals surface area contributed by atoms with Crippen molar-refractivity contribution in [2.75, 3.05) is 7.11 Å². The highest BCUT2D eigenvalue weighted by Crippen LogP contribution is 2.27. The summed E-state index contributed by atoms with van der Waals surface area (Å²) >= 11 is 1.43. The van der Waals surface area contributed by atoms with Crippen molar-refractivity contribution in [1.29, 1.82) is 0 Å². The van der Waals surface area contributed by atoms with E-state index in [-0.39, 0.29) is 17.1 Å². The van der Waals surface area contributed by atoms with E-state index in [1.54, 1.807) is 28.8 Å². The fourth-order valence-electron chi connectivity index (χ4n) is 3.44. The van der Waals surface area contributed by atoms with Crippen molar-refractivity contribution < 1.29 is 18.1 Å². The largest absolute Gasteiger partial charge is 0.497 e. The van der Waals surface area contributed by atoms with Gasteiger partial charge in [-0.15, -0.1) is 10.2 Å². The summed E-state index contributed by atoms with van der Waals surface area (Å²) in [6.45, 7) is 1.88. The Bertz CT molecular complexity index is 1470. The molecule has 4 rings (SSSR count). The number of nitrogens with zero attached hydrogens (tertiary/aromatic N) is 4. The van der Waals surface area contributed by atoms with Crippen LogP contribution in [0.25, 0.3) is 5.69 Å². The van der Waals surface area contributed by atoms with Crippen LogP contribution in [-0.2, 0) is 22.3 Å². The third-order valence-electron chi connectivity index (χ3n) is 5.26. The second-order valence-electron chi connectivity index (χ2n) is 7.79. The van der Waals surface area contributed by atoms with Crippen LogP contribution in [0.2, 0.25) is 0 Å². The zero-order valence-corrected chi connectivity index (χ0v) is 21.1. The highest BCUT2D eigenvalue weighted by Gasteiger charge is 2.20. The van der Waals surface area contributed by atoms with Crippen molar-refractivity contribution in [2.45, 2.75) is 29.3 Å². The van der Waals surface area contributed by atoms with E-state index in [0.717, 1.165) is 11.1 Å². The van der Waals surface area contributed by atoms with Gasteiger partial charge >= 0.3 is 0 Å². The van der Waals surface area contributed by atoms with E-state index in [1.165, 1.54) is 43.1 Å². The third-order valence-corrected chi connectivity index (χ3v) is 7.68. The van der Waals surface area contributed by atoms with Crippen molar-refractivity contribution in [3.8, 4) is 11.4 Å². The first-order valence-corrected chi connectivity index (χ1v) is 13.2. The lowest BCUT2D eigenvalue weighted by Crippen LogP contribution is -2.25. The number of ether oxygens (including phenoxy) is 1. The normalized spacial score (nSPS) is 11.4. The van der Waals surface area contributed by atoms with Crippen LogP contribution in [0.15, 0.2) is 82.8 Å². The molecule has 0 radical (unpaired) electrons. The number of hydrogen-bond donors (Lipinski definition) is 1. The molecule has 0 saturated heterocycles. The van der Waals surface area contributed by atoms with Gasteiger partial charge in [-0.1, -0.05) is 41.6 Å². The molecule has 0 spiro atoms. The summed E-state index contributed by atoms with van der Waals surface area (Å²) in [4.78, 5) is 10.7. The van der Waals surface area contributed by atoms with Crippen molar-refractivity contribution in [3.63, 3.8) is 0 Å². The second-order valence-corrected chi connectivity index (χ2v) is 10.5. The molecule has 0 aliphatic carbocycles. The molecule has 0 bridgehead atoms. The topological polar surface area (TPSA) is 129 Å². The van der Waals surface area contributed by atoms with Gasteiger partial charge in [-0.2, -0.15) is 0 Å². The predicted molar refractivity (Wildman–Crippen MR) is 136 cm³/mol. The molecule has 1 aromatic heterocycles. The molecular formula is C24H23N5O5S2. The highest BCUT2D eigenvalue weighted by molar-refractivity contribution is 7.98. The quantitative estimate of drug-likeness (QED) is 0.185. The average molecular weight is 526 g/mol. The van der Waals surface area contributed by atoms with Gasteiger partial charge in [0.2, 0.25) is 10.0 Å². The van der Waals surface area contributed by atoms with E-state index in [1.807, 2.05) is 25.1 Å². The van der Waals surface area contributed by atoms with Gasteiger partial charge in [0.1, 0.15) is 5.75 Å². The summed E-state index contributed by atoms with van der Waals surface area (Å²) in [6.07, 6.45) is 0. The molecule has 1 N–H and O–H groups in total. The Hall–Kier alpha value is -3.74. The highest BCUT2D eigenvalue weighted by atomic mass is 32.2. The average Bonchev–Trinajstić information content (AvgIpc) is 3.29. The molecule has 0 unspecified atom stereocenters. The molecule has 0 aliphatic heterocycles. The van der Waals surface area contributed by atoms with Gasteiger partial charge in [-0.05, 0) is 48.9 Å². The van der Waals surface area contributed by atoms with Gasteiger partial charge in [-0.3, -0.25) is 14.7 Å². The smallest absolute Gasteiger partial charge is 0.269 e. The second kappa shape index (κ2) is 10.9. The van der Waals surface area contributed by atoms with Crippen molar-refractivity contribution in [3.05, 3.63) is 99.9 Å². The van der Waals surface area contributed by atoms with E-state index in [2.05, 4.69) is 21.0 Å². The summed E-state index contributed by atoms with van der Waals surface area (Å²) in [6, 6.07) is 20.0. The van der Waals surface area contributed by atoms with Crippen LogP contribution in [0.1, 0.15) is 17.0 Å². The van der Waals surface area contributed by atoms with Crippen LogP contribution in [0.3, 0.4) is 0 Å². The predicted octanol–water partition coefficient (Wildman–Crippen LogP) is 4.26. The fraction of sp³-hybridized carbons (Fsp3) is 0.167. The maximum Gasteiger partial charge on any atom is 0.269 e. The van der Waals surface area contributed by atoms with Crippen molar-refractivity contribution >= 4 is 27.5 Å². The number of methoxy groups -OCH3 is 1. The number of nitro benzene ring substituents is 1. The van der Waals surface area contributed by atoms with Crippen LogP contribution >= 0.6 is 11.8 Å². The Labute approximate surface area is 212 Å². The summed E-state index contributed by atoms with van der Waals surface area (Å²) in [5, 5.41) is 20.1. The monoisotopic (exact) mass is 525 g/mol. The number of hydrogen-bond acceptors (Lipinski definition) is 8. The number of aryl methyl sites for hydroxylation is 1. The molecule has 36 heavy (non-hydrogen) atoms. The molecule has 12 heteroatoms. The summed E-state index contributed by atoms with van der Waals surface area (Å²) < 4.78 is 35.0. The Kier molecular flexibility index (Phi) is 7.67. The minimum atomic E-state index is -3.83. The number of sulfonamides is 1. The van der Waals surface area contributed by atoms with Crippen molar-refractivity contribution in [2.24, 2.45) is 0 Å². The molecule has 0 aliphatic rings. The van der Waals surface area contributed by atoms with Gasteiger partial charge in [-0.25, -0.2) is 13.1 Å². The number of rotatable bonds is 10. The van der Waals surface area contributed by atoms with Gasteiger partial charge in [0.05, 0.1) is 23.5 Å². The molecule has 0 saturated carbocycles. The minimum Gasteiger partial charge on any atom is -0.497 e. The van der Waals surface area contributed by atoms with E-state index >= 15 is 0 Å². The number of aromatic nitrogens is 3. The fourth-order valence-corrected chi connectivity index (χ4v) is 5.33. The molecule has 3 aromatic carbocycles. The van der Waals surface area contributed by atoms with Gasteiger partial charge < -0.3 is 4.74 Å². The van der Waals surface area contributed by atoms with Gasteiger partial charge in [0.15, 0.2) is 11.0 Å². The summed E-state index contributed by atoms with van der Waals surface area (Å²) in [7, 11) is -2.33. The molecule has 0 atom stereocenters. The third kappa shape index (κ3) is 5.90. The molecule has 0 fully saturated rings. The molecular weight excluding hydrogens is 502 g/mol. The SMILES string of the molecule is COc1ccc(S(=O)(=O)NCc2nnc(SCc3cccc(C)c3)n2-c2ccc([N+](=O)[O-])cc2)cc1. The van der Waals surface area contributed by atoms with Crippen LogP contribution < -0.4 is 9.46 Å². The van der Waals surface area contributed by atoms with E-state index in [0.29, 0.717) is 28.2 Å². The maximum absolute atomic E-state index is 12.8. The number of non-ortho nitro benzene ring substituents is 1. The Morgan fingerprint density at radius 3 is 2.42 bits per heavy atom. The molecule has 4 aromatic rings. The van der Waals surface area contributed by atoms with Crippen LogP contribution in [-0.4, -0.2) is 35.2 Å². The van der Waals surface area contributed by atoms with E-state index < -0.39 is 14.9 Å². The molecule has 10 nitrogen and oxygen atoms in total. The molecule has 186 valence electrons. The zero-order valence-electron chi connectivity index (χ0n) is 19.5. The number of nitro groups is 1. The van der Waals surface area contributed by atoms with Crippen LogP contribution in [0.4, 0.5) is 5.69 Å². The van der Waals surface area contributed by atoms with Crippen LogP contribution in [0, 0.1) is 17.0 Å². The molecule has 0 amide bonds. The minimum absolute atomic E-state index is 0.0532. The summed E-state index contributed by atoms with van der Waals surface area (Å²) in [5.41, 5.74) is 2.76. The lowest BCUT2D eigenvalue weighted by molar-refractivity contribution is -0.384. The molecule has 1 heterocycles. The van der Waals surface area contributed by atoms with Crippen LogP contribution in [0.5, 0.6) is 5.75 Å². The number of thioether (sulfide) groups is 1. The Morgan fingerprint density at radius 1 is 1.06 bits per heavy atom. The van der Waals surface area contributed by atoms with Crippen molar-refractivity contribution in [1.82, 2.24) is 19.5 Å². The maximum atomic E-state index is 12.8. The van der Waals surface area contributed by atoms with E-state index in [9.17, 15) is 18.5 Å². The standard InChI is InChI=1S/C24H23N5O5S2/c1-17-4-3-5-18(14-17)16-35-24-27-26-23(28(24)19-6-8-20(9-7-19)29(30)31)15-25-36(32,33)22-12-10-21(34-2)11-13-22/h3-14,25H,15-16H2,1-2H3. The Balaban J connectivity index is 1.61. The Morgan fingerprint density at radius 2 is 1.78 bits per heavy atom.